The molecule has 0 saturated heterocycles. The van der Waals surface area contributed by atoms with Crippen LogP contribution in [0.2, 0.25) is 0 Å². The predicted molar refractivity (Wildman–Crippen MR) is 82.6 cm³/mol. The number of furan rings is 1. The molecular weight excluding hydrogens is 300 g/mol. The molecule has 1 heterocycles. The Kier molecular flexibility index (Phi) is 5.57. The molecule has 120 valence electrons. The molecule has 0 N–H and O–H groups in total. The molecule has 0 aliphatic heterocycles. The molecular formula is C17H16O6. The molecule has 1 aromatic heterocycles. The fourth-order valence-corrected chi connectivity index (χ4v) is 1.83. The number of hydrogen-bond donors (Lipinski definition) is 0. The van der Waals surface area contributed by atoms with E-state index in [-0.39, 0.29) is 12.4 Å². The Morgan fingerprint density at radius 3 is 2.65 bits per heavy atom. The third-order valence-electron chi connectivity index (χ3n) is 2.98. The topological polar surface area (TPSA) is 75.0 Å². The largest absolute Gasteiger partial charge is 0.497 e. The lowest BCUT2D eigenvalue weighted by atomic mass is 10.1. The van der Waals surface area contributed by atoms with Crippen molar-refractivity contribution in [3.8, 4) is 11.5 Å². The number of methoxy groups -OCH3 is 2. The maximum Gasteiger partial charge on any atom is 0.331 e. The lowest BCUT2D eigenvalue weighted by Gasteiger charge is -2.09. The first-order valence-corrected chi connectivity index (χ1v) is 6.77. The van der Waals surface area contributed by atoms with Crippen LogP contribution in [0.3, 0.4) is 0 Å². The summed E-state index contributed by atoms with van der Waals surface area (Å²) < 4.78 is 20.2. The highest BCUT2D eigenvalue weighted by molar-refractivity contribution is 6.01. The Labute approximate surface area is 133 Å². The van der Waals surface area contributed by atoms with Gasteiger partial charge in [0.05, 0.1) is 26.0 Å². The Morgan fingerprint density at radius 1 is 1.17 bits per heavy atom. The van der Waals surface area contributed by atoms with E-state index >= 15 is 0 Å². The summed E-state index contributed by atoms with van der Waals surface area (Å²) >= 11 is 0. The van der Waals surface area contributed by atoms with Crippen LogP contribution in [0.25, 0.3) is 6.08 Å². The van der Waals surface area contributed by atoms with Crippen molar-refractivity contribution in [3.63, 3.8) is 0 Å². The highest BCUT2D eigenvalue weighted by atomic mass is 16.5. The summed E-state index contributed by atoms with van der Waals surface area (Å²) in [6, 6.07) is 8.18. The number of rotatable bonds is 7. The van der Waals surface area contributed by atoms with E-state index in [2.05, 4.69) is 0 Å². The van der Waals surface area contributed by atoms with Crippen LogP contribution < -0.4 is 9.47 Å². The predicted octanol–water partition coefficient (Wildman–Crippen LogP) is 2.74. The van der Waals surface area contributed by atoms with E-state index in [1.807, 2.05) is 0 Å². The van der Waals surface area contributed by atoms with Gasteiger partial charge in [-0.3, -0.25) is 4.79 Å². The van der Waals surface area contributed by atoms with Gasteiger partial charge in [-0.1, -0.05) is 0 Å². The normalized spacial score (nSPS) is 10.5. The summed E-state index contributed by atoms with van der Waals surface area (Å²) in [5, 5.41) is 0. The summed E-state index contributed by atoms with van der Waals surface area (Å²) in [5.41, 5.74) is 0.316. The summed E-state index contributed by atoms with van der Waals surface area (Å²) in [5.74, 6) is 0.435. The van der Waals surface area contributed by atoms with Gasteiger partial charge in [-0.25, -0.2) is 4.79 Å². The molecule has 0 fully saturated rings. The molecule has 1 aromatic carbocycles. The number of Topliss-reactive ketones (excluding diaryl/α,β-unsaturated/α-hetero) is 1. The molecule has 0 radical (unpaired) electrons. The minimum atomic E-state index is -0.637. The van der Waals surface area contributed by atoms with Gasteiger partial charge in [0.15, 0.2) is 6.61 Å². The monoisotopic (exact) mass is 316 g/mol. The van der Waals surface area contributed by atoms with Crippen LogP contribution in [-0.4, -0.2) is 32.6 Å². The average molecular weight is 316 g/mol. The molecule has 0 aliphatic carbocycles. The Hall–Kier alpha value is -3.02. The summed E-state index contributed by atoms with van der Waals surface area (Å²) in [6.07, 6.45) is 4.14. The molecule has 2 aromatic rings. The number of carbonyl (C=O) groups is 2. The van der Waals surface area contributed by atoms with Gasteiger partial charge in [0.1, 0.15) is 17.3 Å². The van der Waals surface area contributed by atoms with Crippen molar-refractivity contribution in [2.45, 2.75) is 0 Å². The lowest BCUT2D eigenvalue weighted by molar-refractivity contribution is -0.136. The van der Waals surface area contributed by atoms with Gasteiger partial charge in [0.2, 0.25) is 5.78 Å². The third kappa shape index (κ3) is 4.47. The van der Waals surface area contributed by atoms with E-state index in [4.69, 9.17) is 18.6 Å². The van der Waals surface area contributed by atoms with Gasteiger partial charge < -0.3 is 18.6 Å². The van der Waals surface area contributed by atoms with Crippen molar-refractivity contribution >= 4 is 17.8 Å². The van der Waals surface area contributed by atoms with E-state index in [9.17, 15) is 9.59 Å². The number of benzene rings is 1. The molecule has 0 spiro atoms. The van der Waals surface area contributed by atoms with E-state index in [1.54, 1.807) is 30.3 Å². The minimum absolute atomic E-state index is 0.316. The highest BCUT2D eigenvalue weighted by Gasteiger charge is 2.14. The molecule has 0 aliphatic rings. The highest BCUT2D eigenvalue weighted by Crippen LogP contribution is 2.24. The molecule has 23 heavy (non-hydrogen) atoms. The molecule has 0 atom stereocenters. The Balaban J connectivity index is 1.95. The third-order valence-corrected chi connectivity index (χ3v) is 2.98. The SMILES string of the molecule is COc1ccc(C(=O)COC(=O)C=Cc2ccco2)c(OC)c1. The standard InChI is InChI=1S/C17H16O6/c1-20-13-5-7-14(16(10-13)21-2)15(18)11-23-17(19)8-6-12-4-3-9-22-12/h3-10H,11H2,1-2H3. The average Bonchev–Trinajstić information content (AvgIpc) is 3.10. The minimum Gasteiger partial charge on any atom is -0.497 e. The van der Waals surface area contributed by atoms with Crippen molar-refractivity contribution < 1.29 is 28.2 Å². The van der Waals surface area contributed by atoms with Crippen molar-refractivity contribution in [1.29, 1.82) is 0 Å². The van der Waals surface area contributed by atoms with E-state index in [1.165, 1.54) is 32.6 Å². The smallest absolute Gasteiger partial charge is 0.331 e. The van der Waals surface area contributed by atoms with Crippen LogP contribution in [0.15, 0.2) is 47.1 Å². The Morgan fingerprint density at radius 2 is 2.00 bits per heavy atom. The maximum absolute atomic E-state index is 12.1. The van der Waals surface area contributed by atoms with Crippen LogP contribution in [0.4, 0.5) is 0 Å². The second kappa shape index (κ2) is 7.84. The molecule has 0 unspecified atom stereocenters. The van der Waals surface area contributed by atoms with Crippen LogP contribution in [0.1, 0.15) is 16.1 Å². The molecule has 0 saturated carbocycles. The molecule has 2 rings (SSSR count). The van der Waals surface area contributed by atoms with Crippen molar-refractivity contribution in [2.75, 3.05) is 20.8 Å². The number of ketones is 1. The zero-order valence-electron chi connectivity index (χ0n) is 12.8. The quantitative estimate of drug-likeness (QED) is 0.444. The summed E-state index contributed by atoms with van der Waals surface area (Å²) in [7, 11) is 2.97. The first kappa shape index (κ1) is 16.4. The van der Waals surface area contributed by atoms with Gasteiger partial charge >= 0.3 is 5.97 Å². The van der Waals surface area contributed by atoms with Crippen LogP contribution in [0, 0.1) is 0 Å². The second-order valence-electron chi connectivity index (χ2n) is 4.45. The molecule has 6 heteroatoms. The maximum atomic E-state index is 12.1. The molecule has 0 amide bonds. The van der Waals surface area contributed by atoms with Crippen LogP contribution in [0.5, 0.6) is 11.5 Å². The van der Waals surface area contributed by atoms with Gasteiger partial charge in [0.25, 0.3) is 0 Å². The summed E-state index contributed by atoms with van der Waals surface area (Å²) in [4.78, 5) is 23.7. The second-order valence-corrected chi connectivity index (χ2v) is 4.45. The van der Waals surface area contributed by atoms with E-state index < -0.39 is 5.97 Å². The van der Waals surface area contributed by atoms with Crippen molar-refractivity contribution in [3.05, 3.63) is 54.0 Å². The van der Waals surface area contributed by atoms with Gasteiger partial charge in [-0.2, -0.15) is 0 Å². The number of carbonyl (C=O) groups excluding carboxylic acids is 2. The fourth-order valence-electron chi connectivity index (χ4n) is 1.83. The fraction of sp³-hybridized carbons (Fsp3) is 0.176. The Bertz CT molecular complexity index is 700. The van der Waals surface area contributed by atoms with E-state index in [0.717, 1.165) is 0 Å². The molecule has 6 nitrogen and oxygen atoms in total. The van der Waals surface area contributed by atoms with Crippen molar-refractivity contribution in [2.24, 2.45) is 0 Å². The number of hydrogen-bond acceptors (Lipinski definition) is 6. The van der Waals surface area contributed by atoms with Gasteiger partial charge in [-0.15, -0.1) is 0 Å². The number of esters is 1. The van der Waals surface area contributed by atoms with Crippen LogP contribution >= 0.6 is 0 Å². The van der Waals surface area contributed by atoms with E-state index in [0.29, 0.717) is 22.8 Å². The zero-order valence-corrected chi connectivity index (χ0v) is 12.8. The van der Waals surface area contributed by atoms with Crippen LogP contribution in [-0.2, 0) is 9.53 Å². The van der Waals surface area contributed by atoms with Gasteiger partial charge in [-0.05, 0) is 30.3 Å². The number of ether oxygens (including phenoxy) is 3. The summed E-state index contributed by atoms with van der Waals surface area (Å²) in [6.45, 7) is -0.385. The van der Waals surface area contributed by atoms with Gasteiger partial charge in [0, 0.05) is 12.1 Å². The zero-order chi connectivity index (χ0) is 16.7. The lowest BCUT2D eigenvalue weighted by Crippen LogP contribution is -2.13. The molecule has 0 bridgehead atoms. The van der Waals surface area contributed by atoms with Crippen molar-refractivity contribution in [1.82, 2.24) is 0 Å². The first-order valence-electron chi connectivity index (χ1n) is 6.77. The first-order chi connectivity index (χ1) is 11.1.